The lowest BCUT2D eigenvalue weighted by atomic mass is 10.2. The van der Waals surface area contributed by atoms with E-state index in [9.17, 15) is 9.59 Å². The van der Waals surface area contributed by atoms with Crippen LogP contribution in [0.1, 0.15) is 27.7 Å². The van der Waals surface area contributed by atoms with E-state index < -0.39 is 17.7 Å². The molecule has 0 bridgehead atoms. The molecule has 0 radical (unpaired) electrons. The van der Waals surface area contributed by atoms with Crippen LogP contribution < -0.4 is 0 Å². The van der Waals surface area contributed by atoms with Crippen LogP contribution in [0.4, 0.5) is 4.79 Å². The van der Waals surface area contributed by atoms with Gasteiger partial charge < -0.3 is 9.47 Å². The zero-order valence-corrected chi connectivity index (χ0v) is 12.5. The van der Waals surface area contributed by atoms with Crippen LogP contribution in [0.3, 0.4) is 0 Å². The van der Waals surface area contributed by atoms with Crippen LogP contribution in [-0.4, -0.2) is 47.6 Å². The van der Waals surface area contributed by atoms with Crippen molar-refractivity contribution in [2.75, 3.05) is 19.9 Å². The molecule has 0 aromatic rings. The van der Waals surface area contributed by atoms with Crippen molar-refractivity contribution in [2.45, 2.75) is 33.3 Å². The smallest absolute Gasteiger partial charge is 0.430 e. The summed E-state index contributed by atoms with van der Waals surface area (Å²) in [4.78, 5) is 23.1. The maximum Gasteiger partial charge on any atom is 0.430 e. The molecule has 0 rings (SSSR count). The minimum atomic E-state index is -0.627. The van der Waals surface area contributed by atoms with Gasteiger partial charge in [0.1, 0.15) is 5.60 Å². The zero-order valence-electron chi connectivity index (χ0n) is 11.6. The molecule has 104 valence electrons. The molecule has 0 aliphatic rings. The van der Waals surface area contributed by atoms with Crippen molar-refractivity contribution in [2.24, 2.45) is 5.10 Å². The average molecular weight is 276 g/mol. The second-order valence-corrected chi connectivity index (χ2v) is 5.13. The van der Waals surface area contributed by atoms with E-state index in [0.717, 1.165) is 16.8 Å². The Balaban J connectivity index is 4.71. The fourth-order valence-electron chi connectivity index (χ4n) is 0.863. The maximum atomic E-state index is 11.6. The summed E-state index contributed by atoms with van der Waals surface area (Å²) in [7, 11) is 1.42. The van der Waals surface area contributed by atoms with Gasteiger partial charge in [0, 0.05) is 7.05 Å². The number of carbonyl (C=O) groups is 2. The van der Waals surface area contributed by atoms with E-state index in [1.54, 1.807) is 34.0 Å². The number of hydrazone groups is 1. The Morgan fingerprint density at radius 1 is 1.33 bits per heavy atom. The molecule has 0 saturated carbocycles. The van der Waals surface area contributed by atoms with Crippen LogP contribution in [0.2, 0.25) is 0 Å². The number of nitrogens with zero attached hydrogens (tertiary/aromatic N) is 2. The number of rotatable bonds is 2. The van der Waals surface area contributed by atoms with Crippen LogP contribution >= 0.6 is 11.8 Å². The van der Waals surface area contributed by atoms with Crippen molar-refractivity contribution >= 4 is 28.9 Å². The summed E-state index contributed by atoms with van der Waals surface area (Å²) in [6, 6.07) is 0. The molecule has 0 fully saturated rings. The average Bonchev–Trinajstić information content (AvgIpc) is 2.23. The van der Waals surface area contributed by atoms with E-state index in [1.807, 2.05) is 0 Å². The zero-order chi connectivity index (χ0) is 14.3. The fourth-order valence-corrected chi connectivity index (χ4v) is 1.29. The summed E-state index contributed by atoms with van der Waals surface area (Å²) in [6.07, 6.45) is 1.05. The highest BCUT2D eigenvalue weighted by atomic mass is 32.2. The highest BCUT2D eigenvalue weighted by Gasteiger charge is 2.21. The molecule has 7 heteroatoms. The van der Waals surface area contributed by atoms with E-state index in [4.69, 9.17) is 9.47 Å². The third-order valence-corrected chi connectivity index (χ3v) is 2.18. The third kappa shape index (κ3) is 6.48. The van der Waals surface area contributed by atoms with E-state index >= 15 is 0 Å². The van der Waals surface area contributed by atoms with Gasteiger partial charge >= 0.3 is 12.1 Å². The standard InChI is InChI=1S/C11H20N2O4S/c1-7-16-9(14)8(18-6)12-13(5)10(15)17-11(2,3)4/h7H2,1-6H3/b12-8-. The molecule has 0 saturated heterocycles. The summed E-state index contributed by atoms with van der Waals surface area (Å²) < 4.78 is 9.91. The predicted octanol–water partition coefficient (Wildman–Crippen LogP) is 2.09. The van der Waals surface area contributed by atoms with Gasteiger partial charge in [-0.2, -0.15) is 5.10 Å². The molecular weight excluding hydrogens is 256 g/mol. The molecule has 0 aliphatic heterocycles. The number of amides is 1. The van der Waals surface area contributed by atoms with Crippen molar-refractivity contribution < 1.29 is 19.1 Å². The molecule has 0 N–H and O–H groups in total. The molecule has 0 spiro atoms. The molecule has 0 atom stereocenters. The first-order valence-electron chi connectivity index (χ1n) is 5.47. The third-order valence-electron chi connectivity index (χ3n) is 1.54. The minimum Gasteiger partial charge on any atom is -0.461 e. The highest BCUT2D eigenvalue weighted by Crippen LogP contribution is 2.10. The second kappa shape index (κ2) is 7.25. The van der Waals surface area contributed by atoms with Gasteiger partial charge in [0.05, 0.1) is 6.61 Å². The molecular formula is C11H20N2O4S. The van der Waals surface area contributed by atoms with Crippen LogP contribution in [0.5, 0.6) is 0 Å². The molecule has 1 amide bonds. The van der Waals surface area contributed by atoms with Gasteiger partial charge in [-0.25, -0.2) is 14.6 Å². The molecule has 0 aliphatic carbocycles. The van der Waals surface area contributed by atoms with E-state index in [-0.39, 0.29) is 11.7 Å². The molecule has 6 nitrogen and oxygen atoms in total. The van der Waals surface area contributed by atoms with Gasteiger partial charge in [0.15, 0.2) is 0 Å². The number of carbonyl (C=O) groups excluding carboxylic acids is 2. The first-order chi connectivity index (χ1) is 8.21. The van der Waals surface area contributed by atoms with E-state index in [2.05, 4.69) is 5.10 Å². The van der Waals surface area contributed by atoms with Crippen molar-refractivity contribution in [3.63, 3.8) is 0 Å². The summed E-state index contributed by atoms with van der Waals surface area (Å²) in [5.74, 6) is -0.555. The SMILES string of the molecule is CCOC(=O)/C(=N/N(C)C(=O)OC(C)(C)C)SC. The summed E-state index contributed by atoms with van der Waals surface area (Å²) in [6.45, 7) is 7.22. The molecule has 0 unspecified atom stereocenters. The molecule has 0 aromatic carbocycles. The normalized spacial score (nSPS) is 12.0. The van der Waals surface area contributed by atoms with Crippen molar-refractivity contribution in [3.05, 3.63) is 0 Å². The Kier molecular flexibility index (Phi) is 6.75. The van der Waals surface area contributed by atoms with Gasteiger partial charge in [0.25, 0.3) is 0 Å². The van der Waals surface area contributed by atoms with E-state index in [0.29, 0.717) is 0 Å². The number of esters is 1. The van der Waals surface area contributed by atoms with Crippen molar-refractivity contribution in [1.82, 2.24) is 5.01 Å². The lowest BCUT2D eigenvalue weighted by molar-refractivity contribution is -0.134. The van der Waals surface area contributed by atoms with Gasteiger partial charge in [-0.05, 0) is 34.0 Å². The summed E-state index contributed by atoms with van der Waals surface area (Å²) in [5, 5.41) is 4.94. The minimum absolute atomic E-state index is 0.102. The second-order valence-electron chi connectivity index (χ2n) is 4.33. The van der Waals surface area contributed by atoms with Crippen molar-refractivity contribution in [3.8, 4) is 0 Å². The van der Waals surface area contributed by atoms with E-state index in [1.165, 1.54) is 7.05 Å². The quantitative estimate of drug-likeness (QED) is 0.334. The topological polar surface area (TPSA) is 68.2 Å². The Morgan fingerprint density at radius 2 is 1.89 bits per heavy atom. The molecule has 18 heavy (non-hydrogen) atoms. The number of hydrogen-bond donors (Lipinski definition) is 0. The Labute approximate surface area is 112 Å². The van der Waals surface area contributed by atoms with Gasteiger partial charge in [0.2, 0.25) is 5.04 Å². The van der Waals surface area contributed by atoms with Crippen LogP contribution in [-0.2, 0) is 14.3 Å². The predicted molar refractivity (Wildman–Crippen MR) is 71.6 cm³/mol. The Bertz CT molecular complexity index is 336. The van der Waals surface area contributed by atoms with Crippen LogP contribution in [0.25, 0.3) is 0 Å². The monoisotopic (exact) mass is 276 g/mol. The molecule has 0 heterocycles. The van der Waals surface area contributed by atoms with Gasteiger partial charge in [-0.1, -0.05) is 0 Å². The lowest BCUT2D eigenvalue weighted by Gasteiger charge is -2.22. The Hall–Kier alpha value is -1.24. The largest absolute Gasteiger partial charge is 0.461 e. The Morgan fingerprint density at radius 3 is 2.28 bits per heavy atom. The highest BCUT2D eigenvalue weighted by molar-refractivity contribution is 8.15. The summed E-state index contributed by atoms with van der Waals surface area (Å²) >= 11 is 1.11. The molecule has 0 aromatic heterocycles. The summed E-state index contributed by atoms with van der Waals surface area (Å²) in [5.41, 5.74) is -0.607. The number of thioether (sulfide) groups is 1. The number of ether oxygens (including phenoxy) is 2. The van der Waals surface area contributed by atoms with Gasteiger partial charge in [-0.3, -0.25) is 0 Å². The van der Waals surface area contributed by atoms with Gasteiger partial charge in [-0.15, -0.1) is 11.8 Å². The lowest BCUT2D eigenvalue weighted by Crippen LogP contribution is -2.32. The van der Waals surface area contributed by atoms with Crippen LogP contribution in [0.15, 0.2) is 5.10 Å². The first-order valence-corrected chi connectivity index (χ1v) is 6.70. The van der Waals surface area contributed by atoms with Crippen LogP contribution in [0, 0.1) is 0 Å². The maximum absolute atomic E-state index is 11.6. The first kappa shape index (κ1) is 16.8. The fraction of sp³-hybridized carbons (Fsp3) is 0.727. The number of hydrogen-bond acceptors (Lipinski definition) is 6. The van der Waals surface area contributed by atoms with Crippen molar-refractivity contribution in [1.29, 1.82) is 0 Å².